The zero-order valence-electron chi connectivity index (χ0n) is 8.66. The van der Waals surface area contributed by atoms with Crippen LogP contribution in [0.3, 0.4) is 0 Å². The van der Waals surface area contributed by atoms with Crippen molar-refractivity contribution in [3.8, 4) is 0 Å². The first-order valence-corrected chi connectivity index (χ1v) is 4.90. The summed E-state index contributed by atoms with van der Waals surface area (Å²) in [5.41, 5.74) is 4.81. The minimum Gasteiger partial charge on any atom is -0.464 e. The molecule has 0 aromatic heterocycles. The Labute approximate surface area is 87.8 Å². The number of esters is 1. The Morgan fingerprint density at radius 1 is 1.60 bits per heavy atom. The molecule has 6 heteroatoms. The van der Waals surface area contributed by atoms with Gasteiger partial charge < -0.3 is 20.9 Å². The zero-order valence-corrected chi connectivity index (χ0v) is 8.66. The number of carbonyl (C=O) groups excluding carboxylic acids is 2. The first-order valence-electron chi connectivity index (χ1n) is 4.90. The molecule has 4 N–H and O–H groups in total. The summed E-state index contributed by atoms with van der Waals surface area (Å²) in [5, 5.41) is 11.5. The third-order valence-corrected chi connectivity index (χ3v) is 2.37. The van der Waals surface area contributed by atoms with Gasteiger partial charge >= 0.3 is 5.97 Å². The molecule has 6 nitrogen and oxygen atoms in total. The van der Waals surface area contributed by atoms with Crippen LogP contribution in [-0.4, -0.2) is 41.8 Å². The largest absolute Gasteiger partial charge is 0.464 e. The Morgan fingerprint density at radius 2 is 2.20 bits per heavy atom. The highest BCUT2D eigenvalue weighted by Gasteiger charge is 2.44. The number of hydrogen-bond acceptors (Lipinski definition) is 5. The third kappa shape index (κ3) is 2.90. The molecule has 0 bridgehead atoms. The van der Waals surface area contributed by atoms with E-state index in [1.165, 1.54) is 0 Å². The number of amides is 1. The summed E-state index contributed by atoms with van der Waals surface area (Å²) in [7, 11) is 0. The first-order chi connectivity index (χ1) is 7.04. The molecule has 1 aliphatic rings. The van der Waals surface area contributed by atoms with Gasteiger partial charge in [0, 0.05) is 0 Å². The predicted octanol–water partition coefficient (Wildman–Crippen LogP) is -1.48. The summed E-state index contributed by atoms with van der Waals surface area (Å²) in [4.78, 5) is 22.5. The smallest absolute Gasteiger partial charge is 0.332 e. The molecule has 1 amide bonds. The Morgan fingerprint density at radius 3 is 2.60 bits per heavy atom. The van der Waals surface area contributed by atoms with Gasteiger partial charge in [-0.05, 0) is 19.8 Å². The van der Waals surface area contributed by atoms with Crippen molar-refractivity contribution in [3.63, 3.8) is 0 Å². The average Bonchev–Trinajstić information content (AvgIpc) is 2.97. The topological polar surface area (TPSA) is 102 Å². The average molecular weight is 216 g/mol. The van der Waals surface area contributed by atoms with Gasteiger partial charge in [-0.15, -0.1) is 0 Å². The number of aliphatic hydroxyl groups excluding tert-OH is 1. The van der Waals surface area contributed by atoms with Gasteiger partial charge in [0.25, 0.3) is 0 Å². The molecular formula is C9H16N2O4. The fourth-order valence-electron chi connectivity index (χ4n) is 1.15. The molecule has 1 fully saturated rings. The molecule has 0 aromatic rings. The second-order valence-corrected chi connectivity index (χ2v) is 3.66. The number of rotatable bonds is 5. The SMILES string of the molecule is CCOC(=O)C(N)C(=O)NC1(CO)CC1. The fraction of sp³-hybridized carbons (Fsp3) is 0.778. The van der Waals surface area contributed by atoms with E-state index < -0.39 is 23.5 Å². The zero-order chi connectivity index (χ0) is 11.5. The molecule has 0 spiro atoms. The molecule has 0 aliphatic heterocycles. The summed E-state index contributed by atoms with van der Waals surface area (Å²) in [6.07, 6.45) is 1.43. The molecule has 1 saturated carbocycles. The van der Waals surface area contributed by atoms with E-state index in [9.17, 15) is 9.59 Å². The summed E-state index contributed by atoms with van der Waals surface area (Å²) in [6, 6.07) is -1.31. The van der Waals surface area contributed by atoms with E-state index in [1.807, 2.05) is 0 Å². The van der Waals surface area contributed by atoms with Gasteiger partial charge in [0.2, 0.25) is 5.91 Å². The Hall–Kier alpha value is -1.14. The highest BCUT2D eigenvalue weighted by molar-refractivity contribution is 6.02. The van der Waals surface area contributed by atoms with Crippen LogP contribution in [0.15, 0.2) is 0 Å². The molecule has 0 radical (unpaired) electrons. The van der Waals surface area contributed by atoms with Gasteiger partial charge in [0.15, 0.2) is 6.04 Å². The Kier molecular flexibility index (Phi) is 3.65. The van der Waals surface area contributed by atoms with Gasteiger partial charge in [-0.25, -0.2) is 4.79 Å². The van der Waals surface area contributed by atoms with Crippen molar-refractivity contribution in [2.75, 3.05) is 13.2 Å². The van der Waals surface area contributed by atoms with Crippen molar-refractivity contribution in [1.29, 1.82) is 0 Å². The molecule has 1 rings (SSSR count). The Bertz CT molecular complexity index is 263. The molecule has 1 unspecified atom stereocenters. The fourth-order valence-corrected chi connectivity index (χ4v) is 1.15. The van der Waals surface area contributed by atoms with Crippen LogP contribution in [0, 0.1) is 0 Å². The minimum atomic E-state index is -1.31. The van der Waals surface area contributed by atoms with Crippen molar-refractivity contribution in [2.24, 2.45) is 5.73 Å². The van der Waals surface area contributed by atoms with Crippen LogP contribution < -0.4 is 11.1 Å². The molecular weight excluding hydrogens is 200 g/mol. The van der Waals surface area contributed by atoms with Crippen LogP contribution in [0.25, 0.3) is 0 Å². The lowest BCUT2D eigenvalue weighted by molar-refractivity contribution is -0.148. The summed E-state index contributed by atoms with van der Waals surface area (Å²) in [6.45, 7) is 1.69. The standard InChI is InChI=1S/C9H16N2O4/c1-2-15-8(14)6(10)7(13)11-9(5-12)3-4-9/h6,12H,2-5,10H2,1H3,(H,11,13). The highest BCUT2D eigenvalue weighted by Crippen LogP contribution is 2.34. The predicted molar refractivity (Wildman–Crippen MR) is 51.8 cm³/mol. The number of hydrogen-bond donors (Lipinski definition) is 3. The first kappa shape index (κ1) is 11.9. The number of nitrogens with one attached hydrogen (secondary N) is 1. The number of ether oxygens (including phenoxy) is 1. The van der Waals surface area contributed by atoms with Crippen LogP contribution in [0.1, 0.15) is 19.8 Å². The van der Waals surface area contributed by atoms with Crippen molar-refractivity contribution in [3.05, 3.63) is 0 Å². The normalized spacial score (nSPS) is 19.1. The van der Waals surface area contributed by atoms with Crippen LogP contribution >= 0.6 is 0 Å². The molecule has 1 aliphatic carbocycles. The number of nitrogens with two attached hydrogens (primary N) is 1. The third-order valence-electron chi connectivity index (χ3n) is 2.37. The lowest BCUT2D eigenvalue weighted by Gasteiger charge is -2.17. The second kappa shape index (κ2) is 4.59. The van der Waals surface area contributed by atoms with Gasteiger partial charge in [-0.1, -0.05) is 0 Å². The number of carbonyl (C=O) groups is 2. The van der Waals surface area contributed by atoms with Crippen molar-refractivity contribution >= 4 is 11.9 Å². The van der Waals surface area contributed by atoms with Crippen LogP contribution in [0.2, 0.25) is 0 Å². The summed E-state index contributed by atoms with van der Waals surface area (Å²) in [5.74, 6) is -1.34. The van der Waals surface area contributed by atoms with E-state index in [2.05, 4.69) is 10.1 Å². The van der Waals surface area contributed by atoms with E-state index in [1.54, 1.807) is 6.92 Å². The maximum atomic E-state index is 11.4. The lowest BCUT2D eigenvalue weighted by Crippen LogP contribution is -2.52. The lowest BCUT2D eigenvalue weighted by atomic mass is 10.2. The maximum Gasteiger partial charge on any atom is 0.332 e. The van der Waals surface area contributed by atoms with E-state index >= 15 is 0 Å². The molecule has 0 saturated heterocycles. The Balaban J connectivity index is 2.43. The minimum absolute atomic E-state index is 0.131. The van der Waals surface area contributed by atoms with Crippen molar-refractivity contribution in [2.45, 2.75) is 31.3 Å². The molecule has 1 atom stereocenters. The van der Waals surface area contributed by atoms with Crippen LogP contribution in [0.4, 0.5) is 0 Å². The van der Waals surface area contributed by atoms with Crippen LogP contribution in [0.5, 0.6) is 0 Å². The van der Waals surface area contributed by atoms with E-state index in [-0.39, 0.29) is 13.2 Å². The van der Waals surface area contributed by atoms with Crippen molar-refractivity contribution in [1.82, 2.24) is 5.32 Å². The van der Waals surface area contributed by atoms with Crippen LogP contribution in [-0.2, 0) is 14.3 Å². The second-order valence-electron chi connectivity index (χ2n) is 3.66. The van der Waals surface area contributed by atoms with Crippen molar-refractivity contribution < 1.29 is 19.4 Å². The van der Waals surface area contributed by atoms with E-state index in [4.69, 9.17) is 10.8 Å². The quantitative estimate of drug-likeness (QED) is 0.384. The molecule has 86 valence electrons. The van der Waals surface area contributed by atoms with Gasteiger partial charge in [-0.3, -0.25) is 4.79 Å². The summed E-state index contributed by atoms with van der Waals surface area (Å²) >= 11 is 0. The molecule has 0 heterocycles. The van der Waals surface area contributed by atoms with Gasteiger partial charge in [-0.2, -0.15) is 0 Å². The number of aliphatic hydroxyl groups is 1. The molecule has 15 heavy (non-hydrogen) atoms. The monoisotopic (exact) mass is 216 g/mol. The van der Waals surface area contributed by atoms with Gasteiger partial charge in [0.1, 0.15) is 0 Å². The van der Waals surface area contributed by atoms with E-state index in [0.29, 0.717) is 12.8 Å². The highest BCUT2D eigenvalue weighted by atomic mass is 16.5. The molecule has 0 aromatic carbocycles. The van der Waals surface area contributed by atoms with E-state index in [0.717, 1.165) is 0 Å². The maximum absolute atomic E-state index is 11.4. The van der Waals surface area contributed by atoms with Gasteiger partial charge in [0.05, 0.1) is 18.8 Å². The summed E-state index contributed by atoms with van der Waals surface area (Å²) < 4.78 is 4.61.